The van der Waals surface area contributed by atoms with Gasteiger partial charge in [-0.3, -0.25) is 4.79 Å². The molecule has 0 aliphatic heterocycles. The van der Waals surface area contributed by atoms with Crippen molar-refractivity contribution in [1.29, 1.82) is 0 Å². The van der Waals surface area contributed by atoms with Crippen LogP contribution in [0.25, 0.3) is 11.1 Å². The van der Waals surface area contributed by atoms with Crippen LogP contribution in [0.1, 0.15) is 5.56 Å². The van der Waals surface area contributed by atoms with E-state index in [2.05, 4.69) is 9.97 Å². The maximum Gasteiger partial charge on any atom is 0.262 e. The van der Waals surface area contributed by atoms with E-state index in [-0.39, 0.29) is 5.56 Å². The summed E-state index contributed by atoms with van der Waals surface area (Å²) in [5.74, 6) is 0. The van der Waals surface area contributed by atoms with Gasteiger partial charge in [-0.15, -0.1) is 0 Å². The van der Waals surface area contributed by atoms with E-state index in [4.69, 9.17) is 4.42 Å². The predicted molar refractivity (Wildman–Crippen MR) is 39.4 cm³/mol. The van der Waals surface area contributed by atoms with Crippen LogP contribution in [-0.2, 0) is 0 Å². The molecule has 2 rings (SSSR count). The van der Waals surface area contributed by atoms with Crippen LogP contribution in [0.2, 0.25) is 0 Å². The molecule has 2 aromatic heterocycles. The van der Waals surface area contributed by atoms with Crippen LogP contribution >= 0.6 is 0 Å². The minimum atomic E-state index is -0.152. The summed E-state index contributed by atoms with van der Waals surface area (Å²) in [6, 6.07) is 0. The Kier molecular flexibility index (Phi) is 1.09. The first-order chi connectivity index (χ1) is 5.29. The molecule has 56 valence electrons. The van der Waals surface area contributed by atoms with Crippen molar-refractivity contribution in [3.05, 3.63) is 28.5 Å². The first-order valence-corrected chi connectivity index (χ1v) is 3.20. The molecule has 0 aliphatic rings. The van der Waals surface area contributed by atoms with E-state index in [0.717, 1.165) is 5.56 Å². The molecule has 2 aromatic rings. The Morgan fingerprint density at radius 1 is 1.64 bits per heavy atom. The summed E-state index contributed by atoms with van der Waals surface area (Å²) in [5.41, 5.74) is 1.06. The topological polar surface area (TPSA) is 58.9 Å². The first-order valence-electron chi connectivity index (χ1n) is 3.20. The van der Waals surface area contributed by atoms with Gasteiger partial charge >= 0.3 is 0 Å². The van der Waals surface area contributed by atoms with Crippen LogP contribution in [0.5, 0.6) is 0 Å². The quantitative estimate of drug-likeness (QED) is 0.604. The second-order valence-electron chi connectivity index (χ2n) is 2.33. The second kappa shape index (κ2) is 1.95. The van der Waals surface area contributed by atoms with Gasteiger partial charge in [-0.05, 0) is 6.92 Å². The molecule has 4 nitrogen and oxygen atoms in total. The van der Waals surface area contributed by atoms with E-state index in [9.17, 15) is 4.79 Å². The Balaban J connectivity index is 3.08. The van der Waals surface area contributed by atoms with Crippen molar-refractivity contribution >= 4 is 11.1 Å². The molecular weight excluding hydrogens is 144 g/mol. The fourth-order valence-electron chi connectivity index (χ4n) is 1.02. The number of aromatic amines is 1. The molecule has 0 unspecified atom stereocenters. The van der Waals surface area contributed by atoms with E-state index in [1.54, 1.807) is 0 Å². The zero-order valence-corrected chi connectivity index (χ0v) is 5.92. The molecule has 4 heteroatoms. The zero-order chi connectivity index (χ0) is 7.84. The molecule has 0 bridgehead atoms. The summed E-state index contributed by atoms with van der Waals surface area (Å²) in [6.07, 6.45) is 2.85. The lowest BCUT2D eigenvalue weighted by molar-refractivity contribution is 0.599. The first kappa shape index (κ1) is 6.15. The number of furan rings is 1. The maximum atomic E-state index is 11.1. The van der Waals surface area contributed by atoms with Crippen molar-refractivity contribution in [2.75, 3.05) is 0 Å². The third-order valence-corrected chi connectivity index (χ3v) is 1.56. The maximum absolute atomic E-state index is 11.1. The Morgan fingerprint density at radius 2 is 2.45 bits per heavy atom. The minimum Gasteiger partial charge on any atom is -0.446 e. The van der Waals surface area contributed by atoms with Crippen molar-refractivity contribution < 1.29 is 4.42 Å². The Bertz CT molecular complexity index is 441. The van der Waals surface area contributed by atoms with Crippen LogP contribution in [-0.4, -0.2) is 9.97 Å². The molecule has 0 atom stereocenters. The summed E-state index contributed by atoms with van der Waals surface area (Å²) >= 11 is 0. The van der Waals surface area contributed by atoms with Crippen molar-refractivity contribution in [2.24, 2.45) is 0 Å². The highest BCUT2D eigenvalue weighted by Gasteiger charge is 2.05. The van der Waals surface area contributed by atoms with E-state index < -0.39 is 0 Å². The fraction of sp³-hybridized carbons (Fsp3) is 0.143. The lowest BCUT2D eigenvalue weighted by Gasteiger charge is -1.84. The molecular formula is C7H6N2O2. The van der Waals surface area contributed by atoms with Crippen molar-refractivity contribution in [3.63, 3.8) is 0 Å². The molecule has 11 heavy (non-hydrogen) atoms. The predicted octanol–water partition coefficient (Wildman–Crippen LogP) is 0.825. The summed E-state index contributed by atoms with van der Waals surface area (Å²) in [6.45, 7) is 1.81. The van der Waals surface area contributed by atoms with Gasteiger partial charge in [0.1, 0.15) is 5.39 Å². The molecule has 1 N–H and O–H groups in total. The monoisotopic (exact) mass is 150 g/mol. The highest BCUT2D eigenvalue weighted by atomic mass is 16.3. The fourth-order valence-corrected chi connectivity index (χ4v) is 1.02. The summed E-state index contributed by atoms with van der Waals surface area (Å²) in [5, 5.41) is 0.535. The smallest absolute Gasteiger partial charge is 0.262 e. The highest BCUT2D eigenvalue weighted by Crippen LogP contribution is 2.11. The van der Waals surface area contributed by atoms with Gasteiger partial charge in [-0.2, -0.15) is 0 Å². The van der Waals surface area contributed by atoms with Gasteiger partial charge in [0.15, 0.2) is 0 Å². The third kappa shape index (κ3) is 0.756. The molecule has 0 saturated heterocycles. The van der Waals surface area contributed by atoms with Crippen LogP contribution in [0.3, 0.4) is 0 Å². The SMILES string of the molecule is Cc1coc2nc[nH]c(=O)c12. The number of aromatic nitrogens is 2. The molecule has 0 spiro atoms. The number of H-pyrrole nitrogens is 1. The number of rotatable bonds is 0. The Labute approximate surface area is 61.9 Å². The molecule has 0 amide bonds. The van der Waals surface area contributed by atoms with Crippen molar-refractivity contribution in [2.45, 2.75) is 6.92 Å². The van der Waals surface area contributed by atoms with Crippen LogP contribution in [0.4, 0.5) is 0 Å². The van der Waals surface area contributed by atoms with Crippen molar-refractivity contribution in [1.82, 2.24) is 9.97 Å². The number of hydrogen-bond donors (Lipinski definition) is 1. The molecule has 0 aliphatic carbocycles. The van der Waals surface area contributed by atoms with Gasteiger partial charge in [-0.25, -0.2) is 4.98 Å². The molecule has 0 radical (unpaired) electrons. The summed E-state index contributed by atoms with van der Waals surface area (Å²) in [4.78, 5) is 17.4. The Morgan fingerprint density at radius 3 is 3.18 bits per heavy atom. The summed E-state index contributed by atoms with van der Waals surface area (Å²) in [7, 11) is 0. The van der Waals surface area contributed by atoms with Gasteiger partial charge in [0.25, 0.3) is 5.56 Å². The van der Waals surface area contributed by atoms with E-state index in [0.29, 0.717) is 11.1 Å². The average molecular weight is 150 g/mol. The normalized spacial score (nSPS) is 10.6. The highest BCUT2D eigenvalue weighted by molar-refractivity contribution is 5.75. The largest absolute Gasteiger partial charge is 0.446 e. The third-order valence-electron chi connectivity index (χ3n) is 1.56. The molecule has 0 saturated carbocycles. The molecule has 2 heterocycles. The van der Waals surface area contributed by atoms with Gasteiger partial charge in [0.2, 0.25) is 5.71 Å². The van der Waals surface area contributed by atoms with Crippen molar-refractivity contribution in [3.8, 4) is 0 Å². The summed E-state index contributed by atoms with van der Waals surface area (Å²) < 4.78 is 5.00. The van der Waals surface area contributed by atoms with Gasteiger partial charge < -0.3 is 9.40 Å². The second-order valence-corrected chi connectivity index (χ2v) is 2.33. The van der Waals surface area contributed by atoms with E-state index >= 15 is 0 Å². The standard InChI is InChI=1S/C7H6N2O2/c1-4-2-11-7-5(4)6(10)8-3-9-7/h2-3H,1H3,(H,8,9,10). The van der Waals surface area contributed by atoms with E-state index in [1.807, 2.05) is 6.92 Å². The van der Waals surface area contributed by atoms with Crippen LogP contribution in [0, 0.1) is 6.92 Å². The average Bonchev–Trinajstić information content (AvgIpc) is 2.34. The zero-order valence-electron chi connectivity index (χ0n) is 5.92. The van der Waals surface area contributed by atoms with E-state index in [1.165, 1.54) is 12.6 Å². The van der Waals surface area contributed by atoms with Gasteiger partial charge in [0.05, 0.1) is 12.6 Å². The van der Waals surface area contributed by atoms with Gasteiger partial charge in [-0.1, -0.05) is 0 Å². The number of nitrogens with zero attached hydrogens (tertiary/aromatic N) is 1. The number of fused-ring (bicyclic) bond motifs is 1. The van der Waals surface area contributed by atoms with Crippen LogP contribution < -0.4 is 5.56 Å². The molecule has 0 fully saturated rings. The number of nitrogens with one attached hydrogen (secondary N) is 1. The minimum absolute atomic E-state index is 0.152. The molecule has 0 aromatic carbocycles. The van der Waals surface area contributed by atoms with Crippen LogP contribution in [0.15, 0.2) is 21.8 Å². The van der Waals surface area contributed by atoms with Gasteiger partial charge in [0, 0.05) is 5.56 Å². The number of aryl methyl sites for hydroxylation is 1. The Hall–Kier alpha value is -1.58. The lowest BCUT2D eigenvalue weighted by Crippen LogP contribution is -2.05. The lowest BCUT2D eigenvalue weighted by atomic mass is 10.3. The number of hydrogen-bond acceptors (Lipinski definition) is 3.